The van der Waals surface area contributed by atoms with Gasteiger partial charge in [-0.2, -0.15) is 5.10 Å². The zero-order chi connectivity index (χ0) is 6.15. The Labute approximate surface area is 47.5 Å². The minimum absolute atomic E-state index is 0.620. The summed E-state index contributed by atoms with van der Waals surface area (Å²) in [5, 5.41) is 14.0. The highest BCUT2D eigenvalue weighted by Gasteiger charge is 1.88. The zero-order valence-corrected chi connectivity index (χ0v) is 4.88. The van der Waals surface area contributed by atoms with Crippen LogP contribution in [0.3, 0.4) is 0 Å². The normalized spacial score (nSPS) is 9.75. The van der Waals surface area contributed by atoms with Gasteiger partial charge < -0.3 is 5.21 Å². The van der Waals surface area contributed by atoms with Crippen LogP contribution in [0.2, 0.25) is 0 Å². The quantitative estimate of drug-likeness (QED) is 0.498. The predicted octanol–water partition coefficient (Wildman–Crippen LogP) is 0.846. The summed E-state index contributed by atoms with van der Waals surface area (Å²) < 4.78 is 0. The molecule has 0 radical (unpaired) electrons. The SMILES string of the molecule is Cc1cc(C)n([O-])n1. The summed E-state index contributed by atoms with van der Waals surface area (Å²) >= 11 is 0. The summed E-state index contributed by atoms with van der Waals surface area (Å²) in [6.07, 6.45) is 0. The number of nitrogens with zero attached hydrogens (tertiary/aromatic N) is 2. The van der Waals surface area contributed by atoms with E-state index < -0.39 is 0 Å². The highest BCUT2D eigenvalue weighted by molar-refractivity contribution is 5.06. The van der Waals surface area contributed by atoms with Crippen LogP contribution in [0.25, 0.3) is 0 Å². The smallest absolute Gasteiger partial charge is 0.0593 e. The third-order valence-corrected chi connectivity index (χ3v) is 0.968. The molecule has 3 heteroatoms. The summed E-state index contributed by atoms with van der Waals surface area (Å²) in [4.78, 5) is 0.620. The van der Waals surface area contributed by atoms with Crippen molar-refractivity contribution in [2.75, 3.05) is 0 Å². The summed E-state index contributed by atoms with van der Waals surface area (Å²) in [7, 11) is 0. The topological polar surface area (TPSA) is 40.9 Å². The average molecular weight is 111 g/mol. The minimum Gasteiger partial charge on any atom is -0.790 e. The first-order valence-electron chi connectivity index (χ1n) is 2.41. The summed E-state index contributed by atoms with van der Waals surface area (Å²) in [5.74, 6) is 0. The van der Waals surface area contributed by atoms with Gasteiger partial charge in [-0.1, -0.05) is 0 Å². The first-order chi connectivity index (χ1) is 3.70. The second-order valence-corrected chi connectivity index (χ2v) is 1.80. The Morgan fingerprint density at radius 3 is 2.38 bits per heavy atom. The monoisotopic (exact) mass is 111 g/mol. The van der Waals surface area contributed by atoms with Crippen molar-refractivity contribution in [3.8, 4) is 0 Å². The number of hydrogen-bond donors (Lipinski definition) is 0. The molecule has 0 saturated heterocycles. The molecule has 0 spiro atoms. The van der Waals surface area contributed by atoms with E-state index in [-0.39, 0.29) is 0 Å². The molecule has 0 bridgehead atoms. The van der Waals surface area contributed by atoms with E-state index in [9.17, 15) is 5.21 Å². The van der Waals surface area contributed by atoms with Crippen LogP contribution < -0.4 is 0 Å². The fourth-order valence-corrected chi connectivity index (χ4v) is 0.609. The van der Waals surface area contributed by atoms with Crippen LogP contribution in [-0.2, 0) is 0 Å². The maximum Gasteiger partial charge on any atom is 0.0593 e. The Bertz CT molecular complexity index is 173. The van der Waals surface area contributed by atoms with Crippen molar-refractivity contribution in [1.82, 2.24) is 9.94 Å². The fraction of sp³-hybridized carbons (Fsp3) is 0.400. The highest BCUT2D eigenvalue weighted by atomic mass is 16.5. The molecule has 0 N–H and O–H groups in total. The molecule has 0 unspecified atom stereocenters. The van der Waals surface area contributed by atoms with Gasteiger partial charge in [0.25, 0.3) is 0 Å². The Morgan fingerprint density at radius 2 is 2.25 bits per heavy atom. The van der Waals surface area contributed by atoms with E-state index >= 15 is 0 Å². The van der Waals surface area contributed by atoms with Crippen LogP contribution in [0, 0.1) is 19.1 Å². The van der Waals surface area contributed by atoms with Crippen molar-refractivity contribution >= 4 is 0 Å². The minimum atomic E-state index is 0.620. The van der Waals surface area contributed by atoms with E-state index in [4.69, 9.17) is 0 Å². The maximum absolute atomic E-state index is 10.4. The average Bonchev–Trinajstić information content (AvgIpc) is 1.85. The third-order valence-electron chi connectivity index (χ3n) is 0.968. The molecule has 0 aliphatic rings. The molecular formula is C5H7N2O-. The maximum atomic E-state index is 10.4. The van der Waals surface area contributed by atoms with E-state index in [0.29, 0.717) is 10.5 Å². The lowest BCUT2D eigenvalue weighted by Crippen LogP contribution is -1.89. The van der Waals surface area contributed by atoms with Gasteiger partial charge in [0.2, 0.25) is 0 Å². The molecule has 0 aliphatic carbocycles. The first-order valence-corrected chi connectivity index (χ1v) is 2.41. The van der Waals surface area contributed by atoms with Gasteiger partial charge in [-0.3, -0.25) is 4.85 Å². The van der Waals surface area contributed by atoms with E-state index in [0.717, 1.165) is 5.69 Å². The van der Waals surface area contributed by atoms with Crippen molar-refractivity contribution in [3.05, 3.63) is 22.7 Å². The lowest BCUT2D eigenvalue weighted by atomic mass is 10.4. The van der Waals surface area contributed by atoms with Gasteiger partial charge in [0.05, 0.1) is 5.69 Å². The molecule has 0 saturated carbocycles. The van der Waals surface area contributed by atoms with Gasteiger partial charge >= 0.3 is 0 Å². The van der Waals surface area contributed by atoms with Crippen LogP contribution in [0.15, 0.2) is 6.07 Å². The molecule has 44 valence electrons. The van der Waals surface area contributed by atoms with Crippen LogP contribution in [0.4, 0.5) is 0 Å². The molecule has 1 aromatic rings. The zero-order valence-electron chi connectivity index (χ0n) is 4.88. The molecule has 0 amide bonds. The van der Waals surface area contributed by atoms with Crippen LogP contribution >= 0.6 is 0 Å². The summed E-state index contributed by atoms with van der Waals surface area (Å²) in [6.45, 7) is 3.52. The number of aromatic nitrogens is 2. The van der Waals surface area contributed by atoms with Crippen molar-refractivity contribution in [3.63, 3.8) is 0 Å². The van der Waals surface area contributed by atoms with Crippen molar-refractivity contribution in [2.45, 2.75) is 13.8 Å². The largest absolute Gasteiger partial charge is 0.790 e. The lowest BCUT2D eigenvalue weighted by Gasteiger charge is -2.03. The number of hydrogen-bond acceptors (Lipinski definition) is 2. The molecule has 0 aromatic carbocycles. The van der Waals surface area contributed by atoms with Crippen LogP contribution in [-0.4, -0.2) is 9.94 Å². The van der Waals surface area contributed by atoms with Gasteiger partial charge in [-0.15, -0.1) is 0 Å². The van der Waals surface area contributed by atoms with Gasteiger partial charge in [-0.05, 0) is 19.9 Å². The highest BCUT2D eigenvalue weighted by Crippen LogP contribution is 1.97. The molecule has 1 rings (SSSR count). The molecule has 1 heterocycles. The molecule has 8 heavy (non-hydrogen) atoms. The standard InChI is InChI=1S/C5H7N2O/c1-4-3-5(2)7(8)6-4/h3H,1-2H3/q-1. The van der Waals surface area contributed by atoms with E-state index in [1.165, 1.54) is 0 Å². The van der Waals surface area contributed by atoms with Crippen LogP contribution in [0.5, 0.6) is 0 Å². The Hall–Kier alpha value is -0.990. The third kappa shape index (κ3) is 0.665. The second kappa shape index (κ2) is 1.51. The summed E-state index contributed by atoms with van der Waals surface area (Å²) in [5.41, 5.74) is 1.43. The first kappa shape index (κ1) is 5.15. The Balaban J connectivity index is 3.14. The van der Waals surface area contributed by atoms with Crippen molar-refractivity contribution in [2.24, 2.45) is 0 Å². The summed E-state index contributed by atoms with van der Waals surface area (Å²) in [6, 6.07) is 1.74. The fourth-order valence-electron chi connectivity index (χ4n) is 0.609. The second-order valence-electron chi connectivity index (χ2n) is 1.80. The number of rotatable bonds is 0. The predicted molar refractivity (Wildman–Crippen MR) is 30.5 cm³/mol. The van der Waals surface area contributed by atoms with E-state index in [2.05, 4.69) is 5.10 Å². The molecular weight excluding hydrogens is 104 g/mol. The molecule has 0 atom stereocenters. The van der Waals surface area contributed by atoms with Gasteiger partial charge in [-0.25, -0.2) is 0 Å². The van der Waals surface area contributed by atoms with Crippen LogP contribution in [0.1, 0.15) is 11.4 Å². The molecule has 1 aromatic heterocycles. The Kier molecular flexibility index (Phi) is 0.970. The van der Waals surface area contributed by atoms with Crippen molar-refractivity contribution < 1.29 is 0 Å². The van der Waals surface area contributed by atoms with Crippen molar-refractivity contribution in [1.29, 1.82) is 0 Å². The van der Waals surface area contributed by atoms with E-state index in [1.807, 2.05) is 0 Å². The molecule has 0 fully saturated rings. The molecule has 0 aliphatic heterocycles. The van der Waals surface area contributed by atoms with Gasteiger partial charge in [0, 0.05) is 5.69 Å². The number of aryl methyl sites for hydroxylation is 2. The molecule has 3 nitrogen and oxygen atoms in total. The Morgan fingerprint density at radius 1 is 1.62 bits per heavy atom. The van der Waals surface area contributed by atoms with Gasteiger partial charge in [0.15, 0.2) is 0 Å². The lowest BCUT2D eigenvalue weighted by molar-refractivity contribution is 0.839. The van der Waals surface area contributed by atoms with Gasteiger partial charge in [0.1, 0.15) is 0 Å². The van der Waals surface area contributed by atoms with E-state index in [1.54, 1.807) is 19.9 Å².